The van der Waals surface area contributed by atoms with Gasteiger partial charge in [-0.05, 0) is 32.9 Å². The molecule has 0 amide bonds. The third kappa shape index (κ3) is 4.64. The largest absolute Gasteiger partial charge is 0.465 e. The molecule has 0 unspecified atom stereocenters. The van der Waals surface area contributed by atoms with Gasteiger partial charge in [0.25, 0.3) is 0 Å². The van der Waals surface area contributed by atoms with E-state index in [1.165, 1.54) is 12.8 Å². The molecule has 4 heteroatoms. The third-order valence-corrected chi connectivity index (χ3v) is 3.54. The average Bonchev–Trinajstić information content (AvgIpc) is 2.33. The number of rotatable bonds is 6. The van der Waals surface area contributed by atoms with Crippen LogP contribution in [0.3, 0.4) is 0 Å². The van der Waals surface area contributed by atoms with Crippen LogP contribution in [0.1, 0.15) is 33.6 Å². The van der Waals surface area contributed by atoms with E-state index in [4.69, 9.17) is 4.74 Å². The lowest BCUT2D eigenvalue weighted by atomic mass is 10.0. The molecule has 0 aromatic rings. The summed E-state index contributed by atoms with van der Waals surface area (Å²) in [5, 5.41) is 0. The first-order valence-electron chi connectivity index (χ1n) is 6.83. The second-order valence-electron chi connectivity index (χ2n) is 4.53. The van der Waals surface area contributed by atoms with Crippen molar-refractivity contribution in [3.05, 3.63) is 0 Å². The van der Waals surface area contributed by atoms with Crippen LogP contribution in [0.5, 0.6) is 0 Å². The van der Waals surface area contributed by atoms with Gasteiger partial charge in [-0.15, -0.1) is 0 Å². The van der Waals surface area contributed by atoms with Crippen LogP contribution in [-0.4, -0.2) is 61.1 Å². The molecule has 4 nitrogen and oxygen atoms in total. The molecule has 0 radical (unpaired) electrons. The van der Waals surface area contributed by atoms with Crippen molar-refractivity contribution in [2.45, 2.75) is 39.7 Å². The second kappa shape index (κ2) is 7.67. The highest BCUT2D eigenvalue weighted by atomic mass is 16.5. The Morgan fingerprint density at radius 1 is 1.24 bits per heavy atom. The molecular formula is C13H26N2O2. The van der Waals surface area contributed by atoms with Crippen molar-refractivity contribution in [1.29, 1.82) is 0 Å². The molecule has 0 bridgehead atoms. The minimum atomic E-state index is -0.0891. The monoisotopic (exact) mass is 242 g/mol. The van der Waals surface area contributed by atoms with Gasteiger partial charge < -0.3 is 9.64 Å². The topological polar surface area (TPSA) is 32.8 Å². The standard InChI is InChI=1S/C13H26N2O2/c1-4-15(5-2)12-7-9-14(10-8-12)11-13(16)17-6-3/h12H,4-11H2,1-3H3. The molecule has 100 valence electrons. The molecular weight excluding hydrogens is 216 g/mol. The molecule has 1 fully saturated rings. The Morgan fingerprint density at radius 2 is 1.82 bits per heavy atom. The summed E-state index contributed by atoms with van der Waals surface area (Å²) in [5.74, 6) is -0.0891. The summed E-state index contributed by atoms with van der Waals surface area (Å²) in [7, 11) is 0. The molecule has 0 spiro atoms. The number of hydrogen-bond donors (Lipinski definition) is 0. The number of likely N-dealkylation sites (tertiary alicyclic amines) is 1. The lowest BCUT2D eigenvalue weighted by Gasteiger charge is -2.37. The number of piperidine rings is 1. The summed E-state index contributed by atoms with van der Waals surface area (Å²) in [5.41, 5.74) is 0. The van der Waals surface area contributed by atoms with Crippen LogP contribution in [0.15, 0.2) is 0 Å². The van der Waals surface area contributed by atoms with Crippen LogP contribution >= 0.6 is 0 Å². The Morgan fingerprint density at radius 3 is 2.29 bits per heavy atom. The second-order valence-corrected chi connectivity index (χ2v) is 4.53. The summed E-state index contributed by atoms with van der Waals surface area (Å²) >= 11 is 0. The Bertz CT molecular complexity index is 221. The summed E-state index contributed by atoms with van der Waals surface area (Å²) in [6, 6.07) is 0.698. The smallest absolute Gasteiger partial charge is 0.320 e. The van der Waals surface area contributed by atoms with Crippen LogP contribution in [0, 0.1) is 0 Å². The predicted octanol–water partition coefficient (Wildman–Crippen LogP) is 1.36. The maximum absolute atomic E-state index is 11.4. The van der Waals surface area contributed by atoms with Gasteiger partial charge in [-0.3, -0.25) is 9.69 Å². The molecule has 0 aromatic carbocycles. The van der Waals surface area contributed by atoms with Crippen molar-refractivity contribution in [3.8, 4) is 0 Å². The SMILES string of the molecule is CCOC(=O)CN1CCC(N(CC)CC)CC1. The van der Waals surface area contributed by atoms with Crippen molar-refractivity contribution in [2.75, 3.05) is 39.3 Å². The highest BCUT2D eigenvalue weighted by Crippen LogP contribution is 2.16. The first kappa shape index (κ1) is 14.5. The van der Waals surface area contributed by atoms with E-state index in [1.807, 2.05) is 6.92 Å². The van der Waals surface area contributed by atoms with E-state index in [-0.39, 0.29) is 5.97 Å². The zero-order valence-electron chi connectivity index (χ0n) is 11.4. The van der Waals surface area contributed by atoms with Gasteiger partial charge in [0.05, 0.1) is 13.2 Å². The number of nitrogens with zero attached hydrogens (tertiary/aromatic N) is 2. The van der Waals surface area contributed by atoms with E-state index in [0.717, 1.165) is 26.2 Å². The van der Waals surface area contributed by atoms with Crippen LogP contribution in [-0.2, 0) is 9.53 Å². The Hall–Kier alpha value is -0.610. The Labute approximate surface area is 105 Å². The van der Waals surface area contributed by atoms with Crippen molar-refractivity contribution >= 4 is 5.97 Å². The first-order valence-corrected chi connectivity index (χ1v) is 6.83. The van der Waals surface area contributed by atoms with E-state index >= 15 is 0 Å². The van der Waals surface area contributed by atoms with Crippen LogP contribution in [0.25, 0.3) is 0 Å². The molecule has 0 saturated carbocycles. The number of carbonyl (C=O) groups excluding carboxylic acids is 1. The number of carbonyl (C=O) groups is 1. The summed E-state index contributed by atoms with van der Waals surface area (Å²) < 4.78 is 4.97. The summed E-state index contributed by atoms with van der Waals surface area (Å²) in [6.45, 7) is 11.5. The van der Waals surface area contributed by atoms with E-state index in [9.17, 15) is 4.79 Å². The molecule has 1 aliphatic rings. The quantitative estimate of drug-likeness (QED) is 0.658. The number of hydrogen-bond acceptors (Lipinski definition) is 4. The highest BCUT2D eigenvalue weighted by molar-refractivity contribution is 5.71. The molecule has 1 saturated heterocycles. The number of ether oxygens (including phenoxy) is 1. The molecule has 1 rings (SSSR count). The summed E-state index contributed by atoms with van der Waals surface area (Å²) in [4.78, 5) is 16.1. The molecule has 0 N–H and O–H groups in total. The fraction of sp³-hybridized carbons (Fsp3) is 0.923. The zero-order valence-corrected chi connectivity index (χ0v) is 11.4. The van der Waals surface area contributed by atoms with Gasteiger partial charge >= 0.3 is 5.97 Å². The van der Waals surface area contributed by atoms with E-state index in [1.54, 1.807) is 0 Å². The van der Waals surface area contributed by atoms with E-state index < -0.39 is 0 Å². The van der Waals surface area contributed by atoms with Gasteiger partial charge in [0.1, 0.15) is 0 Å². The molecule has 17 heavy (non-hydrogen) atoms. The number of esters is 1. The average molecular weight is 242 g/mol. The van der Waals surface area contributed by atoms with Gasteiger partial charge in [0.15, 0.2) is 0 Å². The maximum Gasteiger partial charge on any atom is 0.320 e. The van der Waals surface area contributed by atoms with Gasteiger partial charge in [-0.1, -0.05) is 13.8 Å². The van der Waals surface area contributed by atoms with Crippen molar-refractivity contribution in [2.24, 2.45) is 0 Å². The lowest BCUT2D eigenvalue weighted by Crippen LogP contribution is -2.46. The van der Waals surface area contributed by atoms with Gasteiger partial charge in [0, 0.05) is 19.1 Å². The van der Waals surface area contributed by atoms with Crippen LogP contribution < -0.4 is 0 Å². The fourth-order valence-electron chi connectivity index (χ4n) is 2.57. The fourth-order valence-corrected chi connectivity index (χ4v) is 2.57. The van der Waals surface area contributed by atoms with Crippen molar-refractivity contribution in [3.63, 3.8) is 0 Å². The zero-order chi connectivity index (χ0) is 12.7. The van der Waals surface area contributed by atoms with Gasteiger partial charge in [-0.2, -0.15) is 0 Å². The summed E-state index contributed by atoms with van der Waals surface area (Å²) in [6.07, 6.45) is 2.34. The molecule has 1 heterocycles. The van der Waals surface area contributed by atoms with E-state index in [2.05, 4.69) is 23.6 Å². The van der Waals surface area contributed by atoms with Crippen LogP contribution in [0.4, 0.5) is 0 Å². The predicted molar refractivity (Wildman–Crippen MR) is 69.0 cm³/mol. The van der Waals surface area contributed by atoms with Crippen LogP contribution in [0.2, 0.25) is 0 Å². The van der Waals surface area contributed by atoms with Crippen molar-refractivity contribution in [1.82, 2.24) is 9.80 Å². The Kier molecular flexibility index (Phi) is 6.52. The molecule has 0 atom stereocenters. The van der Waals surface area contributed by atoms with Gasteiger partial charge in [-0.25, -0.2) is 0 Å². The first-order chi connectivity index (χ1) is 8.21. The third-order valence-electron chi connectivity index (χ3n) is 3.54. The lowest BCUT2D eigenvalue weighted by molar-refractivity contribution is -0.144. The molecule has 1 aliphatic heterocycles. The van der Waals surface area contributed by atoms with E-state index in [0.29, 0.717) is 19.2 Å². The normalized spacial score (nSPS) is 18.6. The maximum atomic E-state index is 11.4. The van der Waals surface area contributed by atoms with Gasteiger partial charge in [0.2, 0.25) is 0 Å². The highest BCUT2D eigenvalue weighted by Gasteiger charge is 2.23. The Balaban J connectivity index is 2.28. The molecule has 0 aliphatic carbocycles. The minimum absolute atomic E-state index is 0.0891. The van der Waals surface area contributed by atoms with Crippen molar-refractivity contribution < 1.29 is 9.53 Å². The minimum Gasteiger partial charge on any atom is -0.465 e. The molecule has 0 aromatic heterocycles.